The zero-order valence-electron chi connectivity index (χ0n) is 12.4. The van der Waals surface area contributed by atoms with E-state index in [0.717, 1.165) is 0 Å². The molecule has 2 atom stereocenters. The van der Waals surface area contributed by atoms with Gasteiger partial charge in [-0.1, -0.05) is 23.4 Å². The Labute approximate surface area is 133 Å². The van der Waals surface area contributed by atoms with Gasteiger partial charge in [0.1, 0.15) is 0 Å². The average molecular weight is 336 g/mol. The summed E-state index contributed by atoms with van der Waals surface area (Å²) < 4.78 is 30.0. The third-order valence-corrected chi connectivity index (χ3v) is 5.41. The third-order valence-electron chi connectivity index (χ3n) is 3.70. The summed E-state index contributed by atoms with van der Waals surface area (Å²) in [5.41, 5.74) is 0.924. The van der Waals surface area contributed by atoms with Gasteiger partial charge in [-0.25, -0.2) is 13.1 Å². The SMILES string of the molecule is CO[C@@H]1CS(=O)(=O)C[C@H]1NC(=O)c1cnnn1-c1ccccc1. The van der Waals surface area contributed by atoms with Gasteiger partial charge in [0.05, 0.1) is 35.5 Å². The Morgan fingerprint density at radius 1 is 1.30 bits per heavy atom. The molecule has 0 saturated carbocycles. The summed E-state index contributed by atoms with van der Waals surface area (Å²) in [6.07, 6.45) is 0.790. The van der Waals surface area contributed by atoms with Crippen LogP contribution in [0.5, 0.6) is 0 Å². The van der Waals surface area contributed by atoms with Crippen LogP contribution < -0.4 is 5.32 Å². The lowest BCUT2D eigenvalue weighted by Gasteiger charge is -2.18. The average Bonchev–Trinajstić information content (AvgIpc) is 3.12. The van der Waals surface area contributed by atoms with E-state index in [0.29, 0.717) is 5.69 Å². The summed E-state index contributed by atoms with van der Waals surface area (Å²) in [4.78, 5) is 12.5. The van der Waals surface area contributed by atoms with Crippen molar-refractivity contribution in [2.45, 2.75) is 12.1 Å². The van der Waals surface area contributed by atoms with Crippen molar-refractivity contribution in [1.29, 1.82) is 0 Å². The predicted octanol–water partition coefficient (Wildman–Crippen LogP) is -0.191. The summed E-state index contributed by atoms with van der Waals surface area (Å²) >= 11 is 0. The van der Waals surface area contributed by atoms with Gasteiger partial charge in [0.2, 0.25) is 0 Å². The quantitative estimate of drug-likeness (QED) is 0.830. The van der Waals surface area contributed by atoms with Crippen LogP contribution in [0.2, 0.25) is 0 Å². The molecule has 1 N–H and O–H groups in total. The van der Waals surface area contributed by atoms with E-state index in [1.54, 1.807) is 12.1 Å². The van der Waals surface area contributed by atoms with E-state index in [-0.39, 0.29) is 17.2 Å². The Hall–Kier alpha value is -2.26. The molecule has 1 saturated heterocycles. The van der Waals surface area contributed by atoms with Crippen molar-refractivity contribution in [3.8, 4) is 5.69 Å². The van der Waals surface area contributed by atoms with Crippen LogP contribution in [0.25, 0.3) is 5.69 Å². The number of amides is 1. The number of para-hydroxylation sites is 1. The van der Waals surface area contributed by atoms with Gasteiger partial charge in [0, 0.05) is 7.11 Å². The normalized spacial score (nSPS) is 22.8. The molecule has 1 fully saturated rings. The first-order valence-corrected chi connectivity index (χ1v) is 8.82. The number of rotatable bonds is 4. The number of aromatic nitrogens is 3. The second kappa shape index (κ2) is 6.09. The lowest BCUT2D eigenvalue weighted by molar-refractivity contribution is 0.0780. The van der Waals surface area contributed by atoms with Crippen molar-refractivity contribution < 1.29 is 17.9 Å². The molecule has 0 bridgehead atoms. The van der Waals surface area contributed by atoms with Crippen LogP contribution in [0.3, 0.4) is 0 Å². The molecule has 23 heavy (non-hydrogen) atoms. The second-order valence-corrected chi connectivity index (χ2v) is 7.45. The molecule has 0 unspecified atom stereocenters. The summed E-state index contributed by atoms with van der Waals surface area (Å²) in [6.45, 7) is 0. The van der Waals surface area contributed by atoms with Crippen LogP contribution in [0.4, 0.5) is 0 Å². The number of hydrogen-bond acceptors (Lipinski definition) is 6. The van der Waals surface area contributed by atoms with Gasteiger partial charge in [0.15, 0.2) is 15.5 Å². The molecule has 8 nitrogen and oxygen atoms in total. The van der Waals surface area contributed by atoms with Crippen LogP contribution in [0, 0.1) is 0 Å². The zero-order valence-corrected chi connectivity index (χ0v) is 13.2. The zero-order chi connectivity index (χ0) is 16.4. The molecule has 1 aliphatic rings. The van der Waals surface area contributed by atoms with Crippen LogP contribution in [-0.2, 0) is 14.6 Å². The molecule has 2 heterocycles. The summed E-state index contributed by atoms with van der Waals surface area (Å²) in [5.74, 6) is -0.669. The molecule has 1 amide bonds. The maximum atomic E-state index is 12.5. The minimum atomic E-state index is -3.21. The van der Waals surface area contributed by atoms with Gasteiger partial charge >= 0.3 is 0 Å². The van der Waals surface area contributed by atoms with E-state index in [1.807, 2.05) is 18.2 Å². The van der Waals surface area contributed by atoms with E-state index in [2.05, 4.69) is 15.6 Å². The highest BCUT2D eigenvalue weighted by molar-refractivity contribution is 7.91. The minimum Gasteiger partial charge on any atom is -0.378 e. The van der Waals surface area contributed by atoms with E-state index < -0.39 is 27.9 Å². The molecule has 1 aromatic carbocycles. The van der Waals surface area contributed by atoms with Crippen LogP contribution in [0.1, 0.15) is 10.5 Å². The highest BCUT2D eigenvalue weighted by Crippen LogP contribution is 2.16. The highest BCUT2D eigenvalue weighted by atomic mass is 32.2. The molecular formula is C14H16N4O4S. The number of benzene rings is 1. The maximum absolute atomic E-state index is 12.5. The molecular weight excluding hydrogens is 320 g/mol. The molecule has 3 rings (SSSR count). The summed E-state index contributed by atoms with van der Waals surface area (Å²) in [7, 11) is -1.78. The number of carbonyl (C=O) groups excluding carboxylic acids is 1. The van der Waals surface area contributed by atoms with E-state index in [4.69, 9.17) is 4.74 Å². The fraction of sp³-hybridized carbons (Fsp3) is 0.357. The molecule has 1 aromatic heterocycles. The lowest BCUT2D eigenvalue weighted by Crippen LogP contribution is -2.44. The van der Waals surface area contributed by atoms with Crippen LogP contribution in [0.15, 0.2) is 36.5 Å². The minimum absolute atomic E-state index is 0.0926. The van der Waals surface area contributed by atoms with E-state index in [1.165, 1.54) is 18.0 Å². The first kappa shape index (κ1) is 15.6. The standard InChI is InChI=1S/C14H16N4O4S/c1-22-13-9-23(20,21)8-11(13)16-14(19)12-7-15-17-18(12)10-5-3-2-4-6-10/h2-7,11,13H,8-9H2,1H3,(H,16,19)/t11-,13-/m1/s1. The van der Waals surface area contributed by atoms with Crippen molar-refractivity contribution in [2.24, 2.45) is 0 Å². The van der Waals surface area contributed by atoms with Gasteiger partial charge < -0.3 is 10.1 Å². The van der Waals surface area contributed by atoms with Gasteiger partial charge in [-0.05, 0) is 12.1 Å². The van der Waals surface area contributed by atoms with Crippen molar-refractivity contribution in [3.63, 3.8) is 0 Å². The fourth-order valence-electron chi connectivity index (χ4n) is 2.57. The Balaban J connectivity index is 1.81. The molecule has 0 aliphatic carbocycles. The first-order chi connectivity index (χ1) is 11.0. The Morgan fingerprint density at radius 2 is 2.04 bits per heavy atom. The summed E-state index contributed by atoms with van der Waals surface area (Å²) in [6, 6.07) is 8.50. The van der Waals surface area contributed by atoms with Crippen molar-refractivity contribution in [1.82, 2.24) is 20.3 Å². The molecule has 122 valence electrons. The molecule has 0 radical (unpaired) electrons. The maximum Gasteiger partial charge on any atom is 0.272 e. The van der Waals surface area contributed by atoms with E-state index in [9.17, 15) is 13.2 Å². The number of ether oxygens (including phenoxy) is 1. The largest absolute Gasteiger partial charge is 0.378 e. The molecule has 0 spiro atoms. The number of nitrogens with zero attached hydrogens (tertiary/aromatic N) is 3. The number of hydrogen-bond donors (Lipinski definition) is 1. The number of sulfone groups is 1. The Bertz CT molecular complexity index is 803. The number of methoxy groups -OCH3 is 1. The lowest BCUT2D eigenvalue weighted by atomic mass is 10.2. The first-order valence-electron chi connectivity index (χ1n) is 7.00. The topological polar surface area (TPSA) is 103 Å². The van der Waals surface area contributed by atoms with Crippen molar-refractivity contribution in [3.05, 3.63) is 42.2 Å². The molecule has 9 heteroatoms. The van der Waals surface area contributed by atoms with Gasteiger partial charge in [-0.15, -0.1) is 5.10 Å². The van der Waals surface area contributed by atoms with Gasteiger partial charge in [0.25, 0.3) is 5.91 Å². The molecule has 1 aliphatic heterocycles. The monoisotopic (exact) mass is 336 g/mol. The van der Waals surface area contributed by atoms with Crippen LogP contribution >= 0.6 is 0 Å². The second-order valence-electron chi connectivity index (χ2n) is 5.30. The van der Waals surface area contributed by atoms with Crippen molar-refractivity contribution >= 4 is 15.7 Å². The summed E-state index contributed by atoms with van der Waals surface area (Å²) in [5, 5.41) is 10.4. The number of carbonyl (C=O) groups is 1. The Morgan fingerprint density at radius 3 is 2.74 bits per heavy atom. The Kier molecular flexibility index (Phi) is 4.14. The van der Waals surface area contributed by atoms with Crippen LogP contribution in [-0.4, -0.2) is 60.1 Å². The van der Waals surface area contributed by atoms with Gasteiger partial charge in [-0.3, -0.25) is 4.79 Å². The fourth-order valence-corrected chi connectivity index (χ4v) is 4.42. The smallest absolute Gasteiger partial charge is 0.272 e. The highest BCUT2D eigenvalue weighted by Gasteiger charge is 2.39. The van der Waals surface area contributed by atoms with Crippen molar-refractivity contribution in [2.75, 3.05) is 18.6 Å². The van der Waals surface area contributed by atoms with Gasteiger partial charge in [-0.2, -0.15) is 0 Å². The predicted molar refractivity (Wildman–Crippen MR) is 82.1 cm³/mol. The number of nitrogens with one attached hydrogen (secondary N) is 1. The third kappa shape index (κ3) is 3.25. The van der Waals surface area contributed by atoms with E-state index >= 15 is 0 Å². The molecule has 2 aromatic rings.